The second-order valence-electron chi connectivity index (χ2n) is 5.83. The van der Waals surface area contributed by atoms with E-state index in [0.29, 0.717) is 6.42 Å². The second-order valence-corrected chi connectivity index (χ2v) is 5.83. The molecule has 0 aliphatic rings. The molecule has 0 heterocycles. The van der Waals surface area contributed by atoms with Gasteiger partial charge in [-0.1, -0.05) is 47.5 Å². The number of benzene rings is 2. The zero-order chi connectivity index (χ0) is 16.8. The molecule has 1 N–H and O–H groups in total. The number of nitrogens with one attached hydrogen (secondary N) is 1. The van der Waals surface area contributed by atoms with Crippen LogP contribution in [0.15, 0.2) is 48.5 Å². The largest absolute Gasteiger partial charge is 0.336 e. The number of carbonyl (C=O) groups excluding carboxylic acids is 2. The maximum atomic E-state index is 12.2. The van der Waals surface area contributed by atoms with Gasteiger partial charge in [-0.2, -0.15) is 0 Å². The normalized spacial score (nSPS) is 10.2. The molecular weight excluding hydrogens is 288 g/mol. The highest BCUT2D eigenvalue weighted by atomic mass is 16.2. The minimum atomic E-state index is -0.200. The van der Waals surface area contributed by atoms with Crippen molar-refractivity contribution < 1.29 is 9.59 Å². The van der Waals surface area contributed by atoms with Crippen LogP contribution in [-0.2, 0) is 16.0 Å². The van der Waals surface area contributed by atoms with Gasteiger partial charge in [0.1, 0.15) is 0 Å². The summed E-state index contributed by atoms with van der Waals surface area (Å²) in [5.41, 5.74) is 3.98. The van der Waals surface area contributed by atoms with Crippen LogP contribution in [0, 0.1) is 13.8 Å². The first-order valence-corrected chi connectivity index (χ1v) is 7.60. The lowest BCUT2D eigenvalue weighted by molar-refractivity contribution is -0.132. The van der Waals surface area contributed by atoms with E-state index in [0.717, 1.165) is 22.4 Å². The van der Waals surface area contributed by atoms with Gasteiger partial charge in [-0.05, 0) is 31.5 Å². The summed E-state index contributed by atoms with van der Waals surface area (Å²) in [6.45, 7) is 4.04. The molecule has 0 spiro atoms. The van der Waals surface area contributed by atoms with E-state index in [4.69, 9.17) is 0 Å². The van der Waals surface area contributed by atoms with Gasteiger partial charge in [0.05, 0.1) is 13.0 Å². The van der Waals surface area contributed by atoms with Crippen LogP contribution in [0.2, 0.25) is 0 Å². The smallest absolute Gasteiger partial charge is 0.243 e. The number of aryl methyl sites for hydroxylation is 2. The lowest BCUT2D eigenvalue weighted by Gasteiger charge is -2.17. The number of rotatable bonds is 5. The summed E-state index contributed by atoms with van der Waals surface area (Å²) in [5.74, 6) is -0.276. The molecule has 0 radical (unpaired) electrons. The van der Waals surface area contributed by atoms with Gasteiger partial charge in [-0.3, -0.25) is 9.59 Å². The average Bonchev–Trinajstić information content (AvgIpc) is 2.51. The third kappa shape index (κ3) is 5.25. The van der Waals surface area contributed by atoms with Crippen molar-refractivity contribution >= 4 is 17.5 Å². The molecule has 2 amide bonds. The fourth-order valence-electron chi connectivity index (χ4n) is 2.16. The van der Waals surface area contributed by atoms with Crippen molar-refractivity contribution in [1.82, 2.24) is 4.90 Å². The Labute approximate surface area is 137 Å². The molecule has 2 rings (SSSR count). The van der Waals surface area contributed by atoms with Crippen LogP contribution in [0.25, 0.3) is 0 Å². The Kier molecular flexibility index (Phi) is 5.52. The number of likely N-dealkylation sites (N-methyl/N-ethyl adjacent to an activating group) is 1. The number of anilines is 1. The summed E-state index contributed by atoms with van der Waals surface area (Å²) in [6.07, 6.45) is 0.300. The maximum absolute atomic E-state index is 12.2. The summed E-state index contributed by atoms with van der Waals surface area (Å²) in [6, 6.07) is 15.4. The van der Waals surface area contributed by atoms with Crippen LogP contribution in [0.4, 0.5) is 5.69 Å². The Balaban J connectivity index is 1.86. The lowest BCUT2D eigenvalue weighted by Crippen LogP contribution is -2.35. The van der Waals surface area contributed by atoms with Crippen LogP contribution in [0.3, 0.4) is 0 Å². The molecule has 0 fully saturated rings. The molecule has 0 atom stereocenters. The minimum Gasteiger partial charge on any atom is -0.336 e. The lowest BCUT2D eigenvalue weighted by atomic mass is 10.1. The van der Waals surface area contributed by atoms with Crippen LogP contribution >= 0.6 is 0 Å². The molecule has 0 saturated heterocycles. The predicted molar refractivity (Wildman–Crippen MR) is 92.3 cm³/mol. The van der Waals surface area contributed by atoms with Gasteiger partial charge in [-0.15, -0.1) is 0 Å². The zero-order valence-electron chi connectivity index (χ0n) is 13.8. The summed E-state index contributed by atoms with van der Waals surface area (Å²) in [7, 11) is 1.64. The highest BCUT2D eigenvalue weighted by molar-refractivity contribution is 5.94. The van der Waals surface area contributed by atoms with E-state index < -0.39 is 0 Å². The molecule has 0 aliphatic heterocycles. The van der Waals surface area contributed by atoms with Crippen molar-refractivity contribution in [3.8, 4) is 0 Å². The maximum Gasteiger partial charge on any atom is 0.243 e. The molecule has 4 heteroatoms. The topological polar surface area (TPSA) is 49.4 Å². The number of nitrogens with zero attached hydrogens (tertiary/aromatic N) is 1. The number of amides is 2. The van der Waals surface area contributed by atoms with Crippen molar-refractivity contribution in [1.29, 1.82) is 0 Å². The molecule has 0 aliphatic carbocycles. The Morgan fingerprint density at radius 3 is 2.00 bits per heavy atom. The van der Waals surface area contributed by atoms with Crippen molar-refractivity contribution in [2.45, 2.75) is 20.3 Å². The third-order valence-electron chi connectivity index (χ3n) is 3.62. The van der Waals surface area contributed by atoms with Crippen LogP contribution in [0.5, 0.6) is 0 Å². The Hall–Kier alpha value is -2.62. The molecule has 4 nitrogen and oxygen atoms in total. The highest BCUT2D eigenvalue weighted by Gasteiger charge is 2.13. The monoisotopic (exact) mass is 310 g/mol. The first-order valence-electron chi connectivity index (χ1n) is 7.60. The van der Waals surface area contributed by atoms with Crippen LogP contribution < -0.4 is 5.32 Å². The van der Waals surface area contributed by atoms with E-state index in [1.54, 1.807) is 7.05 Å². The minimum absolute atomic E-state index is 0.0402. The summed E-state index contributed by atoms with van der Waals surface area (Å²) >= 11 is 0. The molecule has 0 unspecified atom stereocenters. The zero-order valence-corrected chi connectivity index (χ0v) is 13.8. The van der Waals surface area contributed by atoms with Gasteiger partial charge >= 0.3 is 0 Å². The number of hydrogen-bond donors (Lipinski definition) is 1. The average molecular weight is 310 g/mol. The first kappa shape index (κ1) is 16.7. The van der Waals surface area contributed by atoms with Crippen molar-refractivity contribution in [3.05, 3.63) is 65.2 Å². The number of hydrogen-bond acceptors (Lipinski definition) is 2. The Bertz CT molecular complexity index is 676. The fraction of sp³-hybridized carbons (Fsp3) is 0.263. The summed E-state index contributed by atoms with van der Waals surface area (Å²) in [5, 5.41) is 2.79. The Morgan fingerprint density at radius 1 is 0.913 bits per heavy atom. The van der Waals surface area contributed by atoms with E-state index in [9.17, 15) is 9.59 Å². The Morgan fingerprint density at radius 2 is 1.43 bits per heavy atom. The molecule has 0 saturated carbocycles. The van der Waals surface area contributed by atoms with Gasteiger partial charge < -0.3 is 10.2 Å². The third-order valence-corrected chi connectivity index (χ3v) is 3.62. The molecule has 2 aromatic rings. The molecular formula is C19H22N2O2. The quantitative estimate of drug-likeness (QED) is 0.923. The van der Waals surface area contributed by atoms with Crippen LogP contribution in [-0.4, -0.2) is 30.3 Å². The van der Waals surface area contributed by atoms with Gasteiger partial charge in [0.2, 0.25) is 11.8 Å². The molecule has 0 bridgehead atoms. The van der Waals surface area contributed by atoms with Gasteiger partial charge in [-0.25, -0.2) is 0 Å². The van der Waals surface area contributed by atoms with E-state index in [2.05, 4.69) is 5.32 Å². The standard InChI is InChI=1S/C19H22N2O2/c1-14-4-8-16(9-5-14)12-19(23)21(3)13-18(22)20-17-10-6-15(2)7-11-17/h4-11H,12-13H2,1-3H3,(H,20,22). The van der Waals surface area contributed by atoms with E-state index in [-0.39, 0.29) is 18.4 Å². The highest BCUT2D eigenvalue weighted by Crippen LogP contribution is 2.09. The summed E-state index contributed by atoms with van der Waals surface area (Å²) in [4.78, 5) is 25.6. The molecule has 0 aromatic heterocycles. The van der Waals surface area contributed by atoms with Gasteiger partial charge in [0.15, 0.2) is 0 Å². The second kappa shape index (κ2) is 7.58. The van der Waals surface area contributed by atoms with Crippen molar-refractivity contribution in [2.75, 3.05) is 18.9 Å². The molecule has 2 aromatic carbocycles. The number of carbonyl (C=O) groups is 2. The summed E-state index contributed by atoms with van der Waals surface area (Å²) < 4.78 is 0. The van der Waals surface area contributed by atoms with E-state index in [1.165, 1.54) is 4.90 Å². The van der Waals surface area contributed by atoms with Crippen molar-refractivity contribution in [2.24, 2.45) is 0 Å². The van der Waals surface area contributed by atoms with Crippen molar-refractivity contribution in [3.63, 3.8) is 0 Å². The SMILES string of the molecule is Cc1ccc(CC(=O)N(C)CC(=O)Nc2ccc(C)cc2)cc1. The van der Waals surface area contributed by atoms with Crippen LogP contribution in [0.1, 0.15) is 16.7 Å². The van der Waals surface area contributed by atoms with E-state index >= 15 is 0 Å². The van der Waals surface area contributed by atoms with Gasteiger partial charge in [0, 0.05) is 12.7 Å². The van der Waals surface area contributed by atoms with Gasteiger partial charge in [0.25, 0.3) is 0 Å². The van der Waals surface area contributed by atoms with E-state index in [1.807, 2.05) is 62.4 Å². The molecule has 23 heavy (non-hydrogen) atoms. The predicted octanol–water partition coefficient (Wildman–Crippen LogP) is 2.94. The molecule has 120 valence electrons. The fourth-order valence-corrected chi connectivity index (χ4v) is 2.16. The first-order chi connectivity index (χ1) is 10.9.